The van der Waals surface area contributed by atoms with Crippen molar-refractivity contribution in [2.75, 3.05) is 33.7 Å². The molecular weight excluding hydrogens is 226 g/mol. The van der Waals surface area contributed by atoms with Crippen molar-refractivity contribution < 1.29 is 4.79 Å². The minimum Gasteiger partial charge on any atom is -0.331 e. The first kappa shape index (κ1) is 15.3. The molecular formula is C14H29N3O. The molecule has 1 fully saturated rings. The Bertz CT molecular complexity index is 263. The second kappa shape index (κ2) is 6.41. The lowest BCUT2D eigenvalue weighted by Crippen LogP contribution is -2.48. The average molecular weight is 255 g/mol. The van der Waals surface area contributed by atoms with Gasteiger partial charge in [-0.1, -0.05) is 20.8 Å². The number of carbonyl (C=O) groups is 1. The molecule has 0 aromatic rings. The van der Waals surface area contributed by atoms with Gasteiger partial charge in [0.15, 0.2) is 0 Å². The first-order chi connectivity index (χ1) is 8.29. The third-order valence-electron chi connectivity index (χ3n) is 3.46. The number of hydrogen-bond donors (Lipinski definition) is 1. The Labute approximate surface area is 112 Å². The van der Waals surface area contributed by atoms with Gasteiger partial charge in [-0.3, -0.25) is 0 Å². The second-order valence-electron chi connectivity index (χ2n) is 6.70. The Balaban J connectivity index is 2.21. The highest BCUT2D eigenvalue weighted by Gasteiger charge is 2.23. The number of piperidine rings is 1. The van der Waals surface area contributed by atoms with E-state index in [2.05, 4.69) is 26.1 Å². The molecule has 2 amide bonds. The molecule has 0 atom stereocenters. The highest BCUT2D eigenvalue weighted by Crippen LogP contribution is 2.18. The van der Waals surface area contributed by atoms with Gasteiger partial charge in [-0.25, -0.2) is 4.79 Å². The van der Waals surface area contributed by atoms with Crippen molar-refractivity contribution in [3.8, 4) is 0 Å². The second-order valence-corrected chi connectivity index (χ2v) is 6.70. The van der Waals surface area contributed by atoms with E-state index in [1.54, 1.807) is 4.90 Å². The van der Waals surface area contributed by atoms with E-state index in [1.807, 2.05) is 19.0 Å². The molecule has 1 heterocycles. The molecule has 1 aliphatic heterocycles. The van der Waals surface area contributed by atoms with E-state index in [1.165, 1.54) is 6.42 Å². The zero-order chi connectivity index (χ0) is 13.8. The van der Waals surface area contributed by atoms with Crippen LogP contribution in [0.25, 0.3) is 0 Å². The van der Waals surface area contributed by atoms with Crippen molar-refractivity contribution >= 4 is 6.03 Å². The molecule has 0 spiro atoms. The smallest absolute Gasteiger partial charge is 0.319 e. The molecule has 4 heteroatoms. The van der Waals surface area contributed by atoms with Crippen LogP contribution in [0.15, 0.2) is 0 Å². The predicted octanol–water partition coefficient (Wildman–Crippen LogP) is 2.16. The van der Waals surface area contributed by atoms with Crippen LogP contribution in [0.5, 0.6) is 0 Å². The quantitative estimate of drug-likeness (QED) is 0.839. The van der Waals surface area contributed by atoms with E-state index in [0.29, 0.717) is 11.5 Å². The molecule has 0 aliphatic carbocycles. The maximum Gasteiger partial charge on any atom is 0.319 e. The Morgan fingerprint density at radius 2 is 1.83 bits per heavy atom. The summed E-state index contributed by atoms with van der Waals surface area (Å²) >= 11 is 0. The Morgan fingerprint density at radius 1 is 1.28 bits per heavy atom. The number of nitrogens with zero attached hydrogens (tertiary/aromatic N) is 2. The van der Waals surface area contributed by atoms with Crippen LogP contribution in [0.3, 0.4) is 0 Å². The van der Waals surface area contributed by atoms with Gasteiger partial charge in [0.05, 0.1) is 0 Å². The van der Waals surface area contributed by atoms with Gasteiger partial charge in [0.1, 0.15) is 0 Å². The van der Waals surface area contributed by atoms with E-state index < -0.39 is 0 Å². The van der Waals surface area contributed by atoms with Crippen LogP contribution in [-0.4, -0.2) is 55.6 Å². The summed E-state index contributed by atoms with van der Waals surface area (Å²) in [5.74, 6) is 0. The standard InChI is InChI=1S/C14H29N3O/c1-14(2,3)8-9-15-12-6-10-17(11-7-12)13(18)16(4)5/h12,15H,6-11H2,1-5H3. The van der Waals surface area contributed by atoms with Crippen LogP contribution >= 0.6 is 0 Å². The molecule has 0 aromatic carbocycles. The highest BCUT2D eigenvalue weighted by atomic mass is 16.2. The fourth-order valence-corrected chi connectivity index (χ4v) is 2.21. The summed E-state index contributed by atoms with van der Waals surface area (Å²) in [5.41, 5.74) is 0.397. The summed E-state index contributed by atoms with van der Waals surface area (Å²) in [6.07, 6.45) is 3.34. The zero-order valence-electron chi connectivity index (χ0n) is 12.6. The summed E-state index contributed by atoms with van der Waals surface area (Å²) in [5, 5.41) is 3.62. The Morgan fingerprint density at radius 3 is 2.28 bits per heavy atom. The molecule has 1 N–H and O–H groups in total. The van der Waals surface area contributed by atoms with Gasteiger partial charge in [0.2, 0.25) is 0 Å². The fourth-order valence-electron chi connectivity index (χ4n) is 2.21. The maximum absolute atomic E-state index is 11.8. The lowest BCUT2D eigenvalue weighted by Gasteiger charge is -2.34. The van der Waals surface area contributed by atoms with E-state index in [4.69, 9.17) is 0 Å². The summed E-state index contributed by atoms with van der Waals surface area (Å²) in [7, 11) is 3.63. The highest BCUT2D eigenvalue weighted by molar-refractivity contribution is 5.73. The largest absolute Gasteiger partial charge is 0.331 e. The van der Waals surface area contributed by atoms with Crippen molar-refractivity contribution in [1.29, 1.82) is 0 Å². The van der Waals surface area contributed by atoms with Gasteiger partial charge in [-0.05, 0) is 31.2 Å². The third kappa shape index (κ3) is 5.25. The summed E-state index contributed by atoms with van der Waals surface area (Å²) in [6, 6.07) is 0.724. The van der Waals surface area contributed by atoms with Crippen molar-refractivity contribution in [1.82, 2.24) is 15.1 Å². The SMILES string of the molecule is CN(C)C(=O)N1CCC(NCCC(C)(C)C)CC1. The van der Waals surface area contributed by atoms with Crippen LogP contribution in [0.1, 0.15) is 40.0 Å². The number of likely N-dealkylation sites (tertiary alicyclic amines) is 1. The minimum absolute atomic E-state index is 0.142. The van der Waals surface area contributed by atoms with Crippen molar-refractivity contribution in [2.45, 2.75) is 46.1 Å². The molecule has 4 nitrogen and oxygen atoms in total. The zero-order valence-corrected chi connectivity index (χ0v) is 12.6. The van der Waals surface area contributed by atoms with Gasteiger partial charge in [0, 0.05) is 33.2 Å². The molecule has 18 heavy (non-hydrogen) atoms. The number of rotatable bonds is 3. The number of carbonyl (C=O) groups excluding carboxylic acids is 1. The van der Waals surface area contributed by atoms with Crippen LogP contribution in [0, 0.1) is 5.41 Å². The average Bonchev–Trinajstić information content (AvgIpc) is 2.27. The number of urea groups is 1. The molecule has 1 aliphatic rings. The van der Waals surface area contributed by atoms with Gasteiger partial charge in [0.25, 0.3) is 0 Å². The fraction of sp³-hybridized carbons (Fsp3) is 0.929. The van der Waals surface area contributed by atoms with Crippen LogP contribution in [0.4, 0.5) is 4.79 Å². The van der Waals surface area contributed by atoms with Crippen molar-refractivity contribution in [3.05, 3.63) is 0 Å². The lowest BCUT2D eigenvalue weighted by atomic mass is 9.92. The van der Waals surface area contributed by atoms with Gasteiger partial charge in [-0.15, -0.1) is 0 Å². The van der Waals surface area contributed by atoms with Crippen LogP contribution < -0.4 is 5.32 Å². The summed E-state index contributed by atoms with van der Waals surface area (Å²) < 4.78 is 0. The van der Waals surface area contributed by atoms with Crippen molar-refractivity contribution in [3.63, 3.8) is 0 Å². The van der Waals surface area contributed by atoms with E-state index in [0.717, 1.165) is 32.5 Å². The molecule has 1 rings (SSSR count). The van der Waals surface area contributed by atoms with Gasteiger partial charge < -0.3 is 15.1 Å². The first-order valence-electron chi connectivity index (χ1n) is 6.99. The topological polar surface area (TPSA) is 35.6 Å². The minimum atomic E-state index is 0.142. The Hall–Kier alpha value is -0.770. The van der Waals surface area contributed by atoms with Crippen LogP contribution in [0.2, 0.25) is 0 Å². The van der Waals surface area contributed by atoms with Crippen molar-refractivity contribution in [2.24, 2.45) is 5.41 Å². The lowest BCUT2D eigenvalue weighted by molar-refractivity contribution is 0.152. The molecule has 0 bridgehead atoms. The van der Waals surface area contributed by atoms with Gasteiger partial charge >= 0.3 is 6.03 Å². The normalized spacial score (nSPS) is 17.9. The number of amides is 2. The summed E-state index contributed by atoms with van der Waals surface area (Å²) in [6.45, 7) is 9.65. The first-order valence-corrected chi connectivity index (χ1v) is 6.99. The molecule has 0 unspecified atom stereocenters. The molecule has 1 saturated heterocycles. The third-order valence-corrected chi connectivity index (χ3v) is 3.46. The predicted molar refractivity (Wildman–Crippen MR) is 75.8 cm³/mol. The molecule has 0 radical (unpaired) electrons. The Kier molecular flexibility index (Phi) is 5.45. The molecule has 0 saturated carbocycles. The molecule has 0 aromatic heterocycles. The number of hydrogen-bond acceptors (Lipinski definition) is 2. The maximum atomic E-state index is 11.8. The van der Waals surface area contributed by atoms with E-state index in [9.17, 15) is 4.79 Å². The van der Waals surface area contributed by atoms with E-state index in [-0.39, 0.29) is 6.03 Å². The monoisotopic (exact) mass is 255 g/mol. The van der Waals surface area contributed by atoms with E-state index >= 15 is 0 Å². The van der Waals surface area contributed by atoms with Gasteiger partial charge in [-0.2, -0.15) is 0 Å². The van der Waals surface area contributed by atoms with Crippen LogP contribution in [-0.2, 0) is 0 Å². The number of nitrogens with one attached hydrogen (secondary N) is 1. The summed E-state index contributed by atoms with van der Waals surface area (Å²) in [4.78, 5) is 15.4. The molecule has 106 valence electrons.